The second kappa shape index (κ2) is 11.2. The molecule has 178 valence electrons. The van der Waals surface area contributed by atoms with Gasteiger partial charge in [-0.25, -0.2) is 9.78 Å². The summed E-state index contributed by atoms with van der Waals surface area (Å²) in [7, 11) is 0. The molecule has 0 amide bonds. The molecule has 1 N–H and O–H groups in total. The van der Waals surface area contributed by atoms with Gasteiger partial charge in [0.2, 0.25) is 0 Å². The number of carboxylic acids is 1. The fourth-order valence-corrected chi connectivity index (χ4v) is 3.55. The predicted octanol–water partition coefficient (Wildman–Crippen LogP) is 7.83. The molecule has 0 spiro atoms. The highest BCUT2D eigenvalue weighted by atomic mass is 35.5. The van der Waals surface area contributed by atoms with Crippen LogP contribution in [0.4, 0.5) is 13.2 Å². The summed E-state index contributed by atoms with van der Waals surface area (Å²) < 4.78 is 44.8. The van der Waals surface area contributed by atoms with E-state index in [0.29, 0.717) is 39.7 Å². The molecular weight excluding hydrogens is 467 g/mol. The normalized spacial score (nSPS) is 12.6. The minimum Gasteiger partial charge on any atom is -0.484 e. The van der Waals surface area contributed by atoms with Crippen LogP contribution in [0.1, 0.15) is 49.1 Å². The summed E-state index contributed by atoms with van der Waals surface area (Å²) in [4.78, 5) is 15.4. The first-order valence-corrected chi connectivity index (χ1v) is 11.1. The molecule has 1 atom stereocenters. The van der Waals surface area contributed by atoms with Crippen molar-refractivity contribution in [2.24, 2.45) is 0 Å². The van der Waals surface area contributed by atoms with Crippen molar-refractivity contribution in [3.63, 3.8) is 0 Å². The number of hydrogen-bond donors (Lipinski definition) is 1. The Hall–Kier alpha value is -3.32. The Balaban J connectivity index is 1.86. The van der Waals surface area contributed by atoms with E-state index >= 15 is 0 Å². The van der Waals surface area contributed by atoms with E-state index in [1.807, 2.05) is 6.07 Å². The van der Waals surface area contributed by atoms with E-state index in [0.717, 1.165) is 31.1 Å². The largest absolute Gasteiger partial charge is 0.484 e. The first-order chi connectivity index (χ1) is 16.2. The van der Waals surface area contributed by atoms with Crippen molar-refractivity contribution in [3.05, 3.63) is 88.6 Å². The molecule has 0 aliphatic heterocycles. The maximum atomic E-state index is 12.9. The zero-order valence-electron chi connectivity index (χ0n) is 18.3. The van der Waals surface area contributed by atoms with Crippen LogP contribution in [0, 0.1) is 0 Å². The number of halogens is 4. The van der Waals surface area contributed by atoms with Crippen molar-refractivity contribution in [3.8, 4) is 17.0 Å². The Morgan fingerprint density at radius 3 is 2.50 bits per heavy atom. The second-order valence-corrected chi connectivity index (χ2v) is 8.03. The molecule has 4 nitrogen and oxygen atoms in total. The van der Waals surface area contributed by atoms with Crippen molar-refractivity contribution in [1.29, 1.82) is 0 Å². The minimum absolute atomic E-state index is 0.343. The lowest BCUT2D eigenvalue weighted by Gasteiger charge is -2.20. The van der Waals surface area contributed by atoms with Gasteiger partial charge in [0.15, 0.2) is 0 Å². The lowest BCUT2D eigenvalue weighted by atomic mass is 10.1. The van der Waals surface area contributed by atoms with E-state index in [1.165, 1.54) is 18.2 Å². The third-order valence-electron chi connectivity index (χ3n) is 5.08. The van der Waals surface area contributed by atoms with Gasteiger partial charge in [0.05, 0.1) is 22.0 Å². The Kier molecular flexibility index (Phi) is 8.34. The van der Waals surface area contributed by atoms with Crippen LogP contribution in [-0.2, 0) is 11.0 Å². The van der Waals surface area contributed by atoms with E-state index < -0.39 is 23.8 Å². The topological polar surface area (TPSA) is 59.4 Å². The third-order valence-corrected chi connectivity index (χ3v) is 5.41. The zero-order valence-corrected chi connectivity index (χ0v) is 19.1. The molecule has 0 aliphatic carbocycles. The van der Waals surface area contributed by atoms with Crippen LogP contribution in [-0.4, -0.2) is 16.1 Å². The van der Waals surface area contributed by atoms with Crippen molar-refractivity contribution in [2.45, 2.75) is 38.5 Å². The average Bonchev–Trinajstić information content (AvgIpc) is 2.80. The van der Waals surface area contributed by atoms with Crippen molar-refractivity contribution < 1.29 is 27.8 Å². The molecule has 1 aromatic heterocycles. The summed E-state index contributed by atoms with van der Waals surface area (Å²) in [6.07, 6.45) is 0.111. The summed E-state index contributed by atoms with van der Waals surface area (Å²) >= 11 is 6.28. The number of nitrogens with zero attached hydrogens (tertiary/aromatic N) is 1. The number of ether oxygens (including phenoxy) is 1. The fourth-order valence-electron chi connectivity index (χ4n) is 3.32. The highest BCUT2D eigenvalue weighted by molar-refractivity contribution is 6.32. The number of hydrogen-bond acceptors (Lipinski definition) is 3. The van der Waals surface area contributed by atoms with Crippen LogP contribution >= 0.6 is 11.6 Å². The Bertz CT molecular complexity index is 1160. The van der Waals surface area contributed by atoms with Crippen LogP contribution in [0.2, 0.25) is 5.02 Å². The molecule has 0 radical (unpaired) electrons. The molecule has 0 bridgehead atoms. The number of aliphatic carboxylic acids is 1. The molecule has 8 heteroatoms. The number of alkyl halides is 3. The van der Waals surface area contributed by atoms with Gasteiger partial charge < -0.3 is 9.84 Å². The van der Waals surface area contributed by atoms with Gasteiger partial charge in [0.25, 0.3) is 0 Å². The molecule has 1 heterocycles. The van der Waals surface area contributed by atoms with E-state index in [2.05, 4.69) is 11.9 Å². The first-order valence-electron chi connectivity index (χ1n) is 10.7. The Morgan fingerprint density at radius 1 is 1.15 bits per heavy atom. The van der Waals surface area contributed by atoms with Gasteiger partial charge in [-0.3, -0.25) is 0 Å². The number of carbonyl (C=O) groups is 1. The molecule has 2 aromatic carbocycles. The van der Waals surface area contributed by atoms with Crippen LogP contribution in [0.25, 0.3) is 17.3 Å². The Labute approximate surface area is 200 Å². The van der Waals surface area contributed by atoms with Gasteiger partial charge in [-0.1, -0.05) is 43.1 Å². The van der Waals surface area contributed by atoms with Crippen molar-refractivity contribution in [2.75, 3.05) is 0 Å². The van der Waals surface area contributed by atoms with Crippen LogP contribution in [0.3, 0.4) is 0 Å². The fraction of sp³-hybridized carbons (Fsp3) is 0.231. The molecule has 3 rings (SSSR count). The van der Waals surface area contributed by atoms with Crippen LogP contribution < -0.4 is 4.74 Å². The highest BCUT2D eigenvalue weighted by Crippen LogP contribution is 2.32. The monoisotopic (exact) mass is 489 g/mol. The molecule has 34 heavy (non-hydrogen) atoms. The third kappa shape index (κ3) is 6.84. The maximum absolute atomic E-state index is 12.9. The number of rotatable bonds is 9. The standard InChI is InChI=1S/C26H23ClF3NO3/c1-2-3-7-24(34-20-14-10-17(21(27)16-20)11-15-25(32)33)23-6-4-5-22(31-23)18-8-12-19(13-9-18)26(28,29)30/h4-6,8-16,24H,2-3,7H2,1H3,(H,32,33)/t24-/m1/s1. The van der Waals surface area contributed by atoms with E-state index in [9.17, 15) is 18.0 Å². The number of carboxylic acid groups (broad SMARTS) is 1. The van der Waals surface area contributed by atoms with Gasteiger partial charge in [-0.15, -0.1) is 0 Å². The lowest BCUT2D eigenvalue weighted by molar-refractivity contribution is -0.137. The number of pyridine rings is 1. The predicted molar refractivity (Wildman–Crippen MR) is 126 cm³/mol. The van der Waals surface area contributed by atoms with Gasteiger partial charge in [-0.05, 0) is 66.9 Å². The minimum atomic E-state index is -4.40. The molecule has 3 aromatic rings. The molecule has 0 saturated heterocycles. The zero-order chi connectivity index (χ0) is 24.7. The second-order valence-electron chi connectivity index (χ2n) is 7.63. The van der Waals surface area contributed by atoms with Gasteiger partial charge >= 0.3 is 12.1 Å². The summed E-state index contributed by atoms with van der Waals surface area (Å²) in [6.45, 7) is 2.06. The van der Waals surface area contributed by atoms with Crippen molar-refractivity contribution >= 4 is 23.6 Å². The maximum Gasteiger partial charge on any atom is 0.416 e. The first kappa shape index (κ1) is 25.3. The van der Waals surface area contributed by atoms with E-state index in [1.54, 1.807) is 30.3 Å². The summed E-state index contributed by atoms with van der Waals surface area (Å²) in [5.74, 6) is -0.574. The van der Waals surface area contributed by atoms with Gasteiger partial charge in [0.1, 0.15) is 11.9 Å². The summed E-state index contributed by atoms with van der Waals surface area (Å²) in [6, 6.07) is 15.2. The SMILES string of the molecule is CCCC[C@@H](Oc1ccc(C=CC(=O)O)c(Cl)c1)c1cccc(-c2ccc(C(F)(F)F)cc2)n1. The molecule has 0 fully saturated rings. The van der Waals surface area contributed by atoms with Crippen LogP contribution in [0.5, 0.6) is 5.75 Å². The Morgan fingerprint density at radius 2 is 1.88 bits per heavy atom. The summed E-state index contributed by atoms with van der Waals surface area (Å²) in [5.41, 5.74) is 1.60. The number of aromatic nitrogens is 1. The molecular formula is C26H23ClF3NO3. The average molecular weight is 490 g/mol. The van der Waals surface area contributed by atoms with E-state index in [4.69, 9.17) is 21.4 Å². The van der Waals surface area contributed by atoms with E-state index in [-0.39, 0.29) is 0 Å². The quantitative estimate of drug-likeness (QED) is 0.311. The number of unbranched alkanes of at least 4 members (excludes halogenated alkanes) is 1. The molecule has 0 saturated carbocycles. The smallest absolute Gasteiger partial charge is 0.416 e. The van der Waals surface area contributed by atoms with Crippen molar-refractivity contribution in [1.82, 2.24) is 4.98 Å². The van der Waals surface area contributed by atoms with Crippen LogP contribution in [0.15, 0.2) is 66.7 Å². The van der Waals surface area contributed by atoms with Gasteiger partial charge in [-0.2, -0.15) is 13.2 Å². The number of benzene rings is 2. The molecule has 0 aliphatic rings. The highest BCUT2D eigenvalue weighted by Gasteiger charge is 2.30. The summed E-state index contributed by atoms with van der Waals surface area (Å²) in [5, 5.41) is 9.13. The lowest BCUT2D eigenvalue weighted by Crippen LogP contribution is -2.10. The van der Waals surface area contributed by atoms with Gasteiger partial charge in [0, 0.05) is 11.6 Å². The molecule has 0 unspecified atom stereocenters.